The fourth-order valence-corrected chi connectivity index (χ4v) is 3.56. The quantitative estimate of drug-likeness (QED) is 0.314. The first-order chi connectivity index (χ1) is 17.3. The van der Waals surface area contributed by atoms with E-state index < -0.39 is 23.0 Å². The summed E-state index contributed by atoms with van der Waals surface area (Å²) in [6.45, 7) is -0.172. The van der Waals surface area contributed by atoms with Gasteiger partial charge in [0.05, 0.1) is 41.1 Å². The lowest BCUT2D eigenvalue weighted by Gasteiger charge is -2.14. The summed E-state index contributed by atoms with van der Waals surface area (Å²) < 4.78 is 41.2. The van der Waals surface area contributed by atoms with Crippen molar-refractivity contribution < 1.29 is 32.9 Å². The topological polar surface area (TPSA) is 118 Å². The molecule has 36 heavy (non-hydrogen) atoms. The van der Waals surface area contributed by atoms with Gasteiger partial charge in [-0.15, -0.1) is 0 Å². The first kappa shape index (κ1) is 26.3. The maximum atomic E-state index is 13.4. The molecule has 1 N–H and O–H groups in total. The van der Waals surface area contributed by atoms with Gasteiger partial charge in [0.15, 0.2) is 23.0 Å². The fourth-order valence-electron chi connectivity index (χ4n) is 3.56. The molecule has 10 nitrogen and oxygen atoms in total. The summed E-state index contributed by atoms with van der Waals surface area (Å²) in [6.07, 6.45) is 1.76. The van der Waals surface area contributed by atoms with Gasteiger partial charge in [-0.3, -0.25) is 19.1 Å². The van der Waals surface area contributed by atoms with E-state index in [4.69, 9.17) is 23.7 Å². The summed E-state index contributed by atoms with van der Waals surface area (Å²) in [5, 5.41) is 0. The predicted octanol–water partition coefficient (Wildman–Crippen LogP) is 2.49. The van der Waals surface area contributed by atoms with Crippen LogP contribution in [0.4, 0.5) is 4.39 Å². The Labute approximate surface area is 206 Å². The number of ether oxygens (including phenoxy) is 5. The standard InChI is InChI=1S/C25H27FN2O8/c1-32-18-8-7-15(5-6-16-12-20(33-2)23(35-4)21(13-16)34-3)11-19(18)36-22(29)9-10-28-14-17(26)24(30)27-25(28)31/h7-8,11-14H,5-6,9-10H2,1-4H3,(H,27,30,31). The van der Waals surface area contributed by atoms with Crippen LogP contribution in [0.5, 0.6) is 28.7 Å². The highest BCUT2D eigenvalue weighted by Crippen LogP contribution is 2.38. The number of nitrogens with zero attached hydrogens (tertiary/aromatic N) is 1. The number of aromatic nitrogens is 2. The summed E-state index contributed by atoms with van der Waals surface area (Å²) in [4.78, 5) is 37.1. The molecule has 1 heterocycles. The second kappa shape index (κ2) is 11.9. The van der Waals surface area contributed by atoms with Gasteiger partial charge in [0.2, 0.25) is 11.6 Å². The van der Waals surface area contributed by atoms with E-state index >= 15 is 0 Å². The van der Waals surface area contributed by atoms with Gasteiger partial charge >= 0.3 is 11.7 Å². The zero-order chi connectivity index (χ0) is 26.2. The molecule has 0 aliphatic heterocycles. The normalized spacial score (nSPS) is 10.6. The average Bonchev–Trinajstić information content (AvgIpc) is 2.88. The van der Waals surface area contributed by atoms with Crippen molar-refractivity contribution >= 4 is 5.97 Å². The molecule has 0 saturated heterocycles. The van der Waals surface area contributed by atoms with Crippen LogP contribution in [-0.4, -0.2) is 44.0 Å². The molecule has 0 radical (unpaired) electrons. The second-order valence-corrected chi connectivity index (χ2v) is 7.67. The minimum Gasteiger partial charge on any atom is -0.493 e. The molecule has 0 fully saturated rings. The zero-order valence-corrected chi connectivity index (χ0v) is 20.4. The number of H-pyrrole nitrogens is 1. The Morgan fingerprint density at radius 1 is 0.861 bits per heavy atom. The van der Waals surface area contributed by atoms with Crippen molar-refractivity contribution in [2.75, 3.05) is 28.4 Å². The van der Waals surface area contributed by atoms with Crippen LogP contribution in [0, 0.1) is 5.82 Å². The Morgan fingerprint density at radius 2 is 1.47 bits per heavy atom. The van der Waals surface area contributed by atoms with Crippen molar-refractivity contribution in [3.8, 4) is 28.7 Å². The smallest absolute Gasteiger partial charge is 0.328 e. The number of carbonyl (C=O) groups is 1. The third kappa shape index (κ3) is 6.23. The largest absolute Gasteiger partial charge is 0.493 e. The number of halogens is 1. The van der Waals surface area contributed by atoms with E-state index in [9.17, 15) is 18.8 Å². The highest BCUT2D eigenvalue weighted by molar-refractivity contribution is 5.73. The summed E-state index contributed by atoms with van der Waals surface area (Å²) in [7, 11) is 6.09. The van der Waals surface area contributed by atoms with Gasteiger partial charge in [0.25, 0.3) is 5.56 Å². The molecule has 0 aliphatic rings. The first-order valence-corrected chi connectivity index (χ1v) is 10.9. The highest BCUT2D eigenvalue weighted by Gasteiger charge is 2.15. The Bertz CT molecular complexity index is 1320. The minimum absolute atomic E-state index is 0.172. The Hall–Kier alpha value is -4.28. The van der Waals surface area contributed by atoms with Crippen molar-refractivity contribution in [2.45, 2.75) is 25.8 Å². The van der Waals surface area contributed by atoms with Crippen molar-refractivity contribution in [2.24, 2.45) is 0 Å². The average molecular weight is 502 g/mol. The molecule has 2 aromatic carbocycles. The molecule has 3 rings (SSSR count). The van der Waals surface area contributed by atoms with E-state index in [2.05, 4.69) is 0 Å². The third-order valence-corrected chi connectivity index (χ3v) is 5.40. The highest BCUT2D eigenvalue weighted by atomic mass is 19.1. The summed E-state index contributed by atoms with van der Waals surface area (Å²) in [5.41, 5.74) is -0.101. The molecular weight excluding hydrogens is 475 g/mol. The van der Waals surface area contributed by atoms with Gasteiger partial charge in [0.1, 0.15) is 0 Å². The van der Waals surface area contributed by atoms with Crippen LogP contribution < -0.4 is 34.9 Å². The van der Waals surface area contributed by atoms with Crippen LogP contribution in [0.3, 0.4) is 0 Å². The predicted molar refractivity (Wildman–Crippen MR) is 128 cm³/mol. The second-order valence-electron chi connectivity index (χ2n) is 7.67. The Balaban J connectivity index is 1.70. The van der Waals surface area contributed by atoms with Crippen LogP contribution in [0.2, 0.25) is 0 Å². The molecule has 0 atom stereocenters. The van der Waals surface area contributed by atoms with E-state index in [1.165, 1.54) is 14.2 Å². The van der Waals surface area contributed by atoms with E-state index in [1.807, 2.05) is 23.2 Å². The van der Waals surface area contributed by atoms with E-state index in [-0.39, 0.29) is 18.7 Å². The SMILES string of the molecule is COc1ccc(CCc2cc(OC)c(OC)c(OC)c2)cc1OC(=O)CCn1cc(F)c(=O)[nH]c1=O. The van der Waals surface area contributed by atoms with Gasteiger partial charge in [-0.1, -0.05) is 6.07 Å². The zero-order valence-electron chi connectivity index (χ0n) is 20.4. The van der Waals surface area contributed by atoms with Crippen LogP contribution >= 0.6 is 0 Å². The van der Waals surface area contributed by atoms with E-state index in [1.54, 1.807) is 26.4 Å². The van der Waals surface area contributed by atoms with Crippen molar-refractivity contribution in [3.05, 3.63) is 74.3 Å². The van der Waals surface area contributed by atoms with E-state index in [0.29, 0.717) is 35.8 Å². The fraction of sp³-hybridized carbons (Fsp3) is 0.320. The molecular formula is C25H27FN2O8. The number of rotatable bonds is 11. The number of hydrogen-bond acceptors (Lipinski definition) is 8. The minimum atomic E-state index is -1.12. The van der Waals surface area contributed by atoms with Crippen molar-refractivity contribution in [1.82, 2.24) is 9.55 Å². The maximum Gasteiger partial charge on any atom is 0.328 e. The van der Waals surface area contributed by atoms with Crippen LogP contribution in [0.25, 0.3) is 0 Å². The number of esters is 1. The van der Waals surface area contributed by atoms with Crippen LogP contribution in [0.15, 0.2) is 46.1 Å². The summed E-state index contributed by atoms with van der Waals surface area (Å²) in [5.74, 6) is 0.402. The molecule has 3 aromatic rings. The number of carbonyl (C=O) groups excluding carboxylic acids is 1. The molecule has 0 bridgehead atoms. The number of benzene rings is 2. The molecule has 0 unspecified atom stereocenters. The number of nitrogens with one attached hydrogen (secondary N) is 1. The summed E-state index contributed by atoms with van der Waals surface area (Å²) in [6, 6.07) is 8.98. The lowest BCUT2D eigenvalue weighted by molar-refractivity contribution is -0.134. The van der Waals surface area contributed by atoms with E-state index in [0.717, 1.165) is 21.9 Å². The van der Waals surface area contributed by atoms with Gasteiger partial charge in [-0.25, -0.2) is 4.79 Å². The lowest BCUT2D eigenvalue weighted by Crippen LogP contribution is -2.32. The molecule has 0 amide bonds. The number of hydrogen-bond donors (Lipinski definition) is 1. The number of methoxy groups -OCH3 is 4. The molecule has 0 aliphatic carbocycles. The first-order valence-electron chi connectivity index (χ1n) is 10.9. The van der Waals surface area contributed by atoms with Crippen LogP contribution in [0.1, 0.15) is 17.5 Å². The van der Waals surface area contributed by atoms with Crippen molar-refractivity contribution in [1.29, 1.82) is 0 Å². The molecule has 11 heteroatoms. The van der Waals surface area contributed by atoms with Crippen molar-refractivity contribution in [3.63, 3.8) is 0 Å². The molecule has 1 aromatic heterocycles. The number of aryl methyl sites for hydroxylation is 3. The van der Waals surface area contributed by atoms with Gasteiger partial charge < -0.3 is 23.7 Å². The number of aromatic amines is 1. The van der Waals surface area contributed by atoms with Crippen LogP contribution in [-0.2, 0) is 24.2 Å². The lowest BCUT2D eigenvalue weighted by atomic mass is 10.0. The molecule has 0 spiro atoms. The molecule has 192 valence electrons. The monoisotopic (exact) mass is 502 g/mol. The maximum absolute atomic E-state index is 13.4. The molecule has 0 saturated carbocycles. The van der Waals surface area contributed by atoms with Gasteiger partial charge in [0, 0.05) is 6.54 Å². The van der Waals surface area contributed by atoms with Gasteiger partial charge in [-0.2, -0.15) is 4.39 Å². The Kier molecular flexibility index (Phi) is 8.71. The Morgan fingerprint density at radius 3 is 2.08 bits per heavy atom. The summed E-state index contributed by atoms with van der Waals surface area (Å²) >= 11 is 0. The third-order valence-electron chi connectivity index (χ3n) is 5.40. The van der Waals surface area contributed by atoms with Gasteiger partial charge in [-0.05, 0) is 48.2 Å².